The molecule has 79 heavy (non-hydrogen) atoms. The number of hydrogen-bond donors (Lipinski definition) is 3. The number of ketones is 3. The number of Topliss-reactive ketones (excluding diaryl/α,β-unsaturated/α-hetero) is 3. The van der Waals surface area contributed by atoms with Crippen LogP contribution in [0.25, 0.3) is 11.2 Å². The van der Waals surface area contributed by atoms with Gasteiger partial charge in [-0.25, -0.2) is 14.8 Å². The molecule has 0 bridgehead atoms. The first-order valence-corrected chi connectivity index (χ1v) is 29.2. The molecule has 6 atom stereocenters. The monoisotopic (exact) mass is 1110 g/mol. The second kappa shape index (κ2) is 30.8. The molecule has 1 saturated heterocycles. The number of methoxy groups -OCH3 is 1. The maximum Gasteiger partial charge on any atom is 0.328 e. The van der Waals surface area contributed by atoms with Crippen molar-refractivity contribution < 1.29 is 43.0 Å². The SMILES string of the molecule is CCCO[C@H](C[C@H](C(C)C)N(CCC)C(=O)[C@@H](CC(=O)[C@H]1CCCCN1C)[C@@H](C)CC)c1nc(C(=O)N[C@@H](Cc2ccc(CC(=O)CCCC(=O)CCc3ccc(COc4nc(N)nc5nc[nH]c45)cc3)cc2)C(=O)OC)cs1. The third-order valence-electron chi connectivity index (χ3n) is 15.1. The summed E-state index contributed by atoms with van der Waals surface area (Å²) in [6.45, 7) is 14.6. The number of imidazole rings is 1. The minimum absolute atomic E-state index is 0.00775. The number of amides is 2. The fraction of sp³-hybridized carbons (Fsp3) is 0.567. The molecule has 3 aromatic heterocycles. The highest BCUT2D eigenvalue weighted by atomic mass is 32.1. The number of rotatable bonds is 33. The molecule has 4 N–H and O–H groups in total. The molecule has 2 amide bonds. The number of thiazole rings is 1. The van der Waals surface area contributed by atoms with Crippen LogP contribution in [0.2, 0.25) is 0 Å². The number of nitrogen functional groups attached to an aromatic ring is 1. The van der Waals surface area contributed by atoms with Crippen LogP contribution in [-0.4, -0.2) is 122 Å². The Labute approximate surface area is 469 Å². The predicted molar refractivity (Wildman–Crippen MR) is 305 cm³/mol. The molecule has 0 spiro atoms. The minimum Gasteiger partial charge on any atom is -0.471 e. The molecule has 6 rings (SSSR count). The second-order valence-electron chi connectivity index (χ2n) is 21.4. The largest absolute Gasteiger partial charge is 0.471 e. The van der Waals surface area contributed by atoms with Crippen molar-refractivity contribution in [2.45, 2.75) is 169 Å². The summed E-state index contributed by atoms with van der Waals surface area (Å²) < 4.78 is 17.5. The number of nitrogens with one attached hydrogen (secondary N) is 2. The van der Waals surface area contributed by atoms with Gasteiger partial charge in [0.15, 0.2) is 11.4 Å². The van der Waals surface area contributed by atoms with Crippen LogP contribution in [0.5, 0.6) is 5.88 Å². The highest BCUT2D eigenvalue weighted by Gasteiger charge is 2.38. The van der Waals surface area contributed by atoms with Gasteiger partial charge < -0.3 is 35.1 Å². The number of aromatic amines is 1. The van der Waals surface area contributed by atoms with Crippen molar-refractivity contribution in [3.8, 4) is 5.88 Å². The molecule has 428 valence electrons. The summed E-state index contributed by atoms with van der Waals surface area (Å²) in [7, 11) is 3.28. The van der Waals surface area contributed by atoms with E-state index in [9.17, 15) is 28.8 Å². The van der Waals surface area contributed by atoms with Crippen molar-refractivity contribution in [3.05, 3.63) is 93.2 Å². The molecule has 0 radical (unpaired) electrons. The number of benzene rings is 2. The number of H-pyrrole nitrogens is 1. The van der Waals surface area contributed by atoms with Crippen molar-refractivity contribution >= 4 is 63.6 Å². The van der Waals surface area contributed by atoms with Gasteiger partial charge >= 0.3 is 5.97 Å². The van der Waals surface area contributed by atoms with E-state index < -0.39 is 29.9 Å². The number of nitrogens with zero attached hydrogens (tertiary/aromatic N) is 6. The number of likely N-dealkylation sites (N-methyl/N-ethyl adjacent to an activating group) is 1. The number of ether oxygens (including phenoxy) is 3. The number of anilines is 1. The maximum atomic E-state index is 14.8. The van der Waals surface area contributed by atoms with Crippen LogP contribution in [0.15, 0.2) is 60.2 Å². The quantitative estimate of drug-likeness (QED) is 0.0332. The Morgan fingerprint density at radius 2 is 1.59 bits per heavy atom. The molecule has 19 heteroatoms. The lowest BCUT2D eigenvalue weighted by Gasteiger charge is -2.40. The molecule has 18 nitrogen and oxygen atoms in total. The van der Waals surface area contributed by atoms with Gasteiger partial charge in [-0.1, -0.05) is 103 Å². The average molecular weight is 1110 g/mol. The van der Waals surface area contributed by atoms with Gasteiger partial charge in [-0.05, 0) is 86.2 Å². The van der Waals surface area contributed by atoms with E-state index in [-0.39, 0.29) is 91.1 Å². The van der Waals surface area contributed by atoms with Crippen LogP contribution in [0.3, 0.4) is 0 Å². The Balaban J connectivity index is 0.986. The summed E-state index contributed by atoms with van der Waals surface area (Å²) >= 11 is 1.30. The number of aromatic nitrogens is 5. The smallest absolute Gasteiger partial charge is 0.328 e. The zero-order valence-corrected chi connectivity index (χ0v) is 48.4. The Kier molecular flexibility index (Phi) is 24.1. The molecule has 0 aliphatic carbocycles. The minimum atomic E-state index is -1.02. The van der Waals surface area contributed by atoms with Crippen molar-refractivity contribution in [3.63, 3.8) is 0 Å². The first-order valence-electron chi connectivity index (χ1n) is 28.3. The predicted octanol–water partition coefficient (Wildman–Crippen LogP) is 9.20. The Bertz CT molecular complexity index is 2780. The lowest BCUT2D eigenvalue weighted by molar-refractivity contribution is -0.145. The number of esters is 1. The summed E-state index contributed by atoms with van der Waals surface area (Å²) in [5.74, 6) is -0.851. The number of carbonyl (C=O) groups excluding carboxylic acids is 6. The van der Waals surface area contributed by atoms with Gasteiger partial charge in [0.05, 0.1) is 19.5 Å². The number of likely N-dealkylation sites (tertiary alicyclic amines) is 1. The van der Waals surface area contributed by atoms with Gasteiger partial charge in [-0.2, -0.15) is 9.97 Å². The van der Waals surface area contributed by atoms with Crippen LogP contribution >= 0.6 is 11.3 Å². The van der Waals surface area contributed by atoms with Crippen LogP contribution < -0.4 is 15.8 Å². The fourth-order valence-corrected chi connectivity index (χ4v) is 11.1. The lowest BCUT2D eigenvalue weighted by atomic mass is 9.82. The summed E-state index contributed by atoms with van der Waals surface area (Å²) in [6.07, 6.45) is 9.24. The molecule has 0 unspecified atom stereocenters. The van der Waals surface area contributed by atoms with E-state index in [1.807, 2.05) is 67.4 Å². The molecule has 2 aromatic carbocycles. The fourth-order valence-electron chi connectivity index (χ4n) is 10.2. The van der Waals surface area contributed by atoms with Gasteiger partial charge in [-0.3, -0.25) is 28.9 Å². The molecule has 1 aliphatic heterocycles. The standard InChI is InChI=1S/C60H83N9O9S/c1-9-28-69(58(74)46(39(6)11-3)33-51(72)49-17-12-13-29-68(49)7)50(38(4)5)34-52(77-30-10-2)57-65-48(36-79-57)55(73)64-47(59(75)76-8)32-42-22-20-41(21-23-42)31-45(71)16-14-15-44(70)27-26-40-18-24-43(25-19-40)35-78-56-53-54(63-37-62-53)66-60(61)67-56/h18-25,36-39,46-47,49-50,52H,9-17,26-35H2,1-8H3,(H,64,73)(H3,61,62,63,66,67)/t39-,46-,47-,49+,50+,52+/m0/s1. The van der Waals surface area contributed by atoms with E-state index in [1.165, 1.54) is 24.8 Å². The van der Waals surface area contributed by atoms with Crippen molar-refractivity contribution in [2.75, 3.05) is 39.6 Å². The van der Waals surface area contributed by atoms with E-state index in [0.717, 1.165) is 67.3 Å². The number of hydrogen-bond acceptors (Lipinski definition) is 16. The zero-order valence-electron chi connectivity index (χ0n) is 47.6. The molecule has 1 aliphatic rings. The van der Waals surface area contributed by atoms with Crippen molar-refractivity contribution in [1.82, 2.24) is 40.0 Å². The number of aryl methyl sites for hydroxylation is 1. The van der Waals surface area contributed by atoms with E-state index >= 15 is 0 Å². The van der Waals surface area contributed by atoms with Crippen LogP contribution in [0.1, 0.15) is 162 Å². The van der Waals surface area contributed by atoms with Gasteiger partial charge in [-0.15, -0.1) is 11.3 Å². The molecule has 0 saturated carbocycles. The zero-order chi connectivity index (χ0) is 57.0. The van der Waals surface area contributed by atoms with Gasteiger partial charge in [0.2, 0.25) is 17.7 Å². The summed E-state index contributed by atoms with van der Waals surface area (Å²) in [5, 5.41) is 5.09. The van der Waals surface area contributed by atoms with Crippen LogP contribution in [-0.2, 0) is 59.3 Å². The second-order valence-corrected chi connectivity index (χ2v) is 22.3. The van der Waals surface area contributed by atoms with E-state index in [2.05, 4.69) is 64.8 Å². The number of carbonyl (C=O) groups is 6. The Morgan fingerprint density at radius 3 is 2.28 bits per heavy atom. The Morgan fingerprint density at radius 1 is 0.886 bits per heavy atom. The van der Waals surface area contributed by atoms with Crippen molar-refractivity contribution in [1.29, 1.82) is 0 Å². The summed E-state index contributed by atoms with van der Waals surface area (Å²) in [6, 6.07) is 13.7. The van der Waals surface area contributed by atoms with Gasteiger partial charge in [0.25, 0.3) is 5.91 Å². The van der Waals surface area contributed by atoms with E-state index in [0.29, 0.717) is 67.3 Å². The third-order valence-corrected chi connectivity index (χ3v) is 16.0. The van der Waals surface area contributed by atoms with Crippen molar-refractivity contribution in [2.24, 2.45) is 17.8 Å². The first-order chi connectivity index (χ1) is 38.0. The van der Waals surface area contributed by atoms with Crippen LogP contribution in [0.4, 0.5) is 5.95 Å². The average Bonchev–Trinajstić information content (AvgIpc) is 4.15. The molecular formula is C60H83N9O9S. The molecular weight excluding hydrogens is 1020 g/mol. The molecule has 4 heterocycles. The normalized spacial score (nSPS) is 15.7. The lowest BCUT2D eigenvalue weighted by Crippen LogP contribution is -2.50. The summed E-state index contributed by atoms with van der Waals surface area (Å²) in [4.78, 5) is 106. The van der Waals surface area contributed by atoms with Gasteiger partial charge in [0.1, 0.15) is 46.5 Å². The first kappa shape index (κ1) is 61.8. The Hall–Kier alpha value is -6.44. The maximum absolute atomic E-state index is 14.8. The third kappa shape index (κ3) is 18.0. The molecule has 5 aromatic rings. The van der Waals surface area contributed by atoms with E-state index in [1.54, 1.807) is 5.38 Å². The van der Waals surface area contributed by atoms with E-state index in [4.69, 9.17) is 24.9 Å². The summed E-state index contributed by atoms with van der Waals surface area (Å²) in [5.41, 5.74) is 10.4. The van der Waals surface area contributed by atoms with Gasteiger partial charge in [0, 0.05) is 75.4 Å². The number of piperidine rings is 1. The highest BCUT2D eigenvalue weighted by Crippen LogP contribution is 2.34. The number of nitrogens with two attached hydrogens (primary N) is 1. The van der Waals surface area contributed by atoms with Crippen LogP contribution in [0, 0.1) is 17.8 Å². The molecule has 1 fully saturated rings. The topological polar surface area (TPSA) is 242 Å². The highest BCUT2D eigenvalue weighted by molar-refractivity contribution is 7.09. The number of fused-ring (bicyclic) bond motifs is 1.